The Morgan fingerprint density at radius 2 is 1.79 bits per heavy atom. The Morgan fingerprint density at radius 3 is 2.00 bits per heavy atom. The topological polar surface area (TPSA) is 90.2 Å². The zero-order valence-electron chi connectivity index (χ0n) is 6.77. The molecule has 0 radical (unpaired) electrons. The van der Waals surface area contributed by atoms with Gasteiger partial charge in [0, 0.05) is 0 Å². The Bertz CT molecular complexity index is 220. The van der Waals surface area contributed by atoms with E-state index in [9.17, 15) is 13.2 Å². The Kier molecular flexibility index (Phi) is 2.76. The molecule has 0 unspecified atom stereocenters. The van der Waals surface area contributed by atoms with Gasteiger partial charge in [-0.15, -0.1) is 0 Å². The fourth-order valence-electron chi connectivity index (χ4n) is 1.22. The van der Waals surface area contributed by atoms with E-state index >= 15 is 0 Å². The maximum atomic E-state index is 12.2. The molecule has 0 spiro atoms. The molecule has 1 saturated heterocycles. The monoisotopic (exact) mass is 218 g/mol. The number of aliphatic hydroxyl groups is 4. The predicted octanol–water partition coefficient (Wildman–Crippen LogP) is -1.65. The van der Waals surface area contributed by atoms with Gasteiger partial charge < -0.3 is 25.2 Å². The zero-order chi connectivity index (χ0) is 11.1. The SMILES string of the molecule is OC[C@H]1O[C@@H](O)[C@@](O)(C(F)(F)F)[C@@H]1O. The number of halogens is 3. The molecular weight excluding hydrogens is 209 g/mol. The minimum atomic E-state index is -5.24. The van der Waals surface area contributed by atoms with Crippen molar-refractivity contribution in [1.29, 1.82) is 0 Å². The lowest BCUT2D eigenvalue weighted by Crippen LogP contribution is -2.59. The van der Waals surface area contributed by atoms with Crippen LogP contribution in [0.15, 0.2) is 0 Å². The molecule has 0 amide bonds. The van der Waals surface area contributed by atoms with Crippen LogP contribution in [-0.2, 0) is 4.74 Å². The first-order valence-corrected chi connectivity index (χ1v) is 3.66. The molecule has 1 heterocycles. The molecule has 84 valence electrons. The molecule has 1 rings (SSSR count). The van der Waals surface area contributed by atoms with Crippen LogP contribution < -0.4 is 0 Å². The van der Waals surface area contributed by atoms with Gasteiger partial charge in [0.15, 0.2) is 6.29 Å². The first-order chi connectivity index (χ1) is 6.25. The van der Waals surface area contributed by atoms with Crippen LogP contribution in [0, 0.1) is 0 Å². The maximum Gasteiger partial charge on any atom is 0.424 e. The van der Waals surface area contributed by atoms with Crippen LogP contribution in [0.4, 0.5) is 13.2 Å². The van der Waals surface area contributed by atoms with Gasteiger partial charge in [-0.1, -0.05) is 0 Å². The second-order valence-electron chi connectivity index (χ2n) is 2.98. The summed E-state index contributed by atoms with van der Waals surface area (Å²) in [5, 5.41) is 35.3. The van der Waals surface area contributed by atoms with Crippen molar-refractivity contribution >= 4 is 0 Å². The fraction of sp³-hybridized carbons (Fsp3) is 1.00. The highest BCUT2D eigenvalue weighted by Crippen LogP contribution is 2.42. The Labute approximate surface area is 76.3 Å². The van der Waals surface area contributed by atoms with Crippen molar-refractivity contribution < 1.29 is 38.3 Å². The van der Waals surface area contributed by atoms with Gasteiger partial charge in [-0.25, -0.2) is 0 Å². The van der Waals surface area contributed by atoms with Crippen LogP contribution in [0.2, 0.25) is 0 Å². The van der Waals surface area contributed by atoms with Gasteiger partial charge in [0.2, 0.25) is 5.60 Å². The van der Waals surface area contributed by atoms with Crippen molar-refractivity contribution in [2.24, 2.45) is 0 Å². The molecule has 1 aliphatic rings. The molecule has 1 aliphatic heterocycles. The standard InChI is InChI=1S/C6H9F3O5/c7-6(8,9)5(13)3(11)2(1-10)14-4(5)12/h2-4,10-13H,1H2/t2-,3-,4-,5-/m1/s1. The normalized spacial score (nSPS) is 44.4. The van der Waals surface area contributed by atoms with E-state index in [0.717, 1.165) is 0 Å². The van der Waals surface area contributed by atoms with Crippen molar-refractivity contribution in [2.75, 3.05) is 6.61 Å². The summed E-state index contributed by atoms with van der Waals surface area (Å²) >= 11 is 0. The number of hydrogen-bond acceptors (Lipinski definition) is 5. The van der Waals surface area contributed by atoms with Crippen molar-refractivity contribution in [2.45, 2.75) is 30.3 Å². The molecule has 1 fully saturated rings. The van der Waals surface area contributed by atoms with E-state index in [4.69, 9.17) is 20.4 Å². The first-order valence-electron chi connectivity index (χ1n) is 3.66. The largest absolute Gasteiger partial charge is 0.424 e. The van der Waals surface area contributed by atoms with Gasteiger partial charge in [0.1, 0.15) is 12.2 Å². The third kappa shape index (κ3) is 1.39. The number of ether oxygens (including phenoxy) is 1. The number of aliphatic hydroxyl groups excluding tert-OH is 3. The van der Waals surface area contributed by atoms with Gasteiger partial charge in [-0.3, -0.25) is 0 Å². The first kappa shape index (κ1) is 11.7. The van der Waals surface area contributed by atoms with Crippen molar-refractivity contribution in [3.05, 3.63) is 0 Å². The second-order valence-corrected chi connectivity index (χ2v) is 2.98. The summed E-state index contributed by atoms with van der Waals surface area (Å²) < 4.78 is 40.8. The van der Waals surface area contributed by atoms with E-state index in [1.807, 2.05) is 0 Å². The summed E-state index contributed by atoms with van der Waals surface area (Å²) in [5.41, 5.74) is -3.75. The van der Waals surface area contributed by atoms with Gasteiger partial charge in [-0.2, -0.15) is 13.2 Å². The van der Waals surface area contributed by atoms with Crippen molar-refractivity contribution in [3.63, 3.8) is 0 Å². The maximum absolute atomic E-state index is 12.2. The third-order valence-corrected chi connectivity index (χ3v) is 2.12. The van der Waals surface area contributed by atoms with Crippen molar-refractivity contribution in [3.8, 4) is 0 Å². The minimum absolute atomic E-state index is 0.934. The summed E-state index contributed by atoms with van der Waals surface area (Å²) in [6.45, 7) is -0.934. The van der Waals surface area contributed by atoms with E-state index < -0.39 is 36.9 Å². The van der Waals surface area contributed by atoms with E-state index in [-0.39, 0.29) is 0 Å². The lowest BCUT2D eigenvalue weighted by molar-refractivity contribution is -0.322. The smallest absolute Gasteiger partial charge is 0.394 e. The molecule has 0 bridgehead atoms. The van der Waals surface area contributed by atoms with E-state index in [1.165, 1.54) is 0 Å². The van der Waals surface area contributed by atoms with Gasteiger partial charge >= 0.3 is 6.18 Å². The number of rotatable bonds is 1. The Balaban J connectivity index is 2.99. The quantitative estimate of drug-likeness (QED) is 0.423. The highest BCUT2D eigenvalue weighted by molar-refractivity contribution is 5.04. The average molecular weight is 218 g/mol. The molecule has 14 heavy (non-hydrogen) atoms. The summed E-state index contributed by atoms with van der Waals surface area (Å²) in [6, 6.07) is 0. The molecule has 5 nitrogen and oxygen atoms in total. The molecule has 4 N–H and O–H groups in total. The molecule has 0 aromatic carbocycles. The summed E-state index contributed by atoms with van der Waals surface area (Å²) in [5.74, 6) is 0. The second kappa shape index (κ2) is 3.31. The molecule has 0 aliphatic carbocycles. The van der Waals surface area contributed by atoms with Crippen LogP contribution in [-0.4, -0.2) is 57.3 Å². The van der Waals surface area contributed by atoms with Gasteiger partial charge in [0.05, 0.1) is 6.61 Å². The van der Waals surface area contributed by atoms with Crippen LogP contribution in [0.25, 0.3) is 0 Å². The van der Waals surface area contributed by atoms with Crippen molar-refractivity contribution in [1.82, 2.24) is 0 Å². The lowest BCUT2D eigenvalue weighted by Gasteiger charge is -2.30. The zero-order valence-corrected chi connectivity index (χ0v) is 6.77. The van der Waals surface area contributed by atoms with E-state index in [1.54, 1.807) is 0 Å². The van der Waals surface area contributed by atoms with Crippen LogP contribution in [0.3, 0.4) is 0 Å². The molecule has 4 atom stereocenters. The molecule has 0 saturated carbocycles. The number of hydrogen-bond donors (Lipinski definition) is 4. The molecule has 8 heteroatoms. The average Bonchev–Trinajstić information content (AvgIpc) is 2.29. The van der Waals surface area contributed by atoms with Gasteiger partial charge in [0.25, 0.3) is 0 Å². The van der Waals surface area contributed by atoms with Crippen LogP contribution >= 0.6 is 0 Å². The highest BCUT2D eigenvalue weighted by Gasteiger charge is 2.69. The van der Waals surface area contributed by atoms with Crippen LogP contribution in [0.5, 0.6) is 0 Å². The minimum Gasteiger partial charge on any atom is -0.394 e. The molecule has 0 aromatic heterocycles. The highest BCUT2D eigenvalue weighted by atomic mass is 19.4. The van der Waals surface area contributed by atoms with E-state index in [0.29, 0.717) is 0 Å². The summed E-state index contributed by atoms with van der Waals surface area (Å²) in [6.07, 6.45) is -11.9. The van der Waals surface area contributed by atoms with E-state index in [2.05, 4.69) is 4.74 Å². The fourth-order valence-corrected chi connectivity index (χ4v) is 1.22. The summed E-state index contributed by atoms with van der Waals surface area (Å²) in [4.78, 5) is 0. The Hall–Kier alpha value is -0.410. The lowest BCUT2D eigenvalue weighted by atomic mass is 9.95. The Morgan fingerprint density at radius 1 is 1.29 bits per heavy atom. The molecular formula is C6H9F3O5. The summed E-state index contributed by atoms with van der Waals surface area (Å²) in [7, 11) is 0. The number of alkyl halides is 3. The third-order valence-electron chi connectivity index (χ3n) is 2.12. The van der Waals surface area contributed by atoms with Gasteiger partial charge in [-0.05, 0) is 0 Å². The predicted molar refractivity (Wildman–Crippen MR) is 35.0 cm³/mol. The molecule has 0 aromatic rings. The van der Waals surface area contributed by atoms with Crippen LogP contribution in [0.1, 0.15) is 0 Å².